The summed E-state index contributed by atoms with van der Waals surface area (Å²) >= 11 is 0. The molecule has 3 rings (SSSR count). The van der Waals surface area contributed by atoms with Gasteiger partial charge in [0.25, 0.3) is 11.5 Å². The van der Waals surface area contributed by atoms with Crippen molar-refractivity contribution in [1.82, 2.24) is 20.4 Å². The Labute approximate surface area is 156 Å². The van der Waals surface area contributed by atoms with Crippen LogP contribution < -0.4 is 16.2 Å². The zero-order valence-corrected chi connectivity index (χ0v) is 15.4. The highest BCUT2D eigenvalue weighted by Gasteiger charge is 2.18. The van der Waals surface area contributed by atoms with Crippen LogP contribution in [0.4, 0.5) is 0 Å². The largest absolute Gasteiger partial charge is 0.359 e. The highest BCUT2D eigenvalue weighted by atomic mass is 16.5. The van der Waals surface area contributed by atoms with Crippen LogP contribution in [-0.2, 0) is 24.3 Å². The van der Waals surface area contributed by atoms with Gasteiger partial charge in [-0.3, -0.25) is 14.4 Å². The van der Waals surface area contributed by atoms with Crippen molar-refractivity contribution in [1.29, 1.82) is 0 Å². The maximum Gasteiger partial charge on any atom is 0.252 e. The van der Waals surface area contributed by atoms with Gasteiger partial charge in [0.2, 0.25) is 5.91 Å². The van der Waals surface area contributed by atoms with Gasteiger partial charge in [0.1, 0.15) is 6.54 Å². The lowest BCUT2D eigenvalue weighted by Gasteiger charge is -2.13. The molecule has 0 atom stereocenters. The van der Waals surface area contributed by atoms with Crippen molar-refractivity contribution in [2.45, 2.75) is 58.2 Å². The van der Waals surface area contributed by atoms with E-state index in [1.165, 1.54) is 22.9 Å². The van der Waals surface area contributed by atoms with E-state index in [0.717, 1.165) is 37.8 Å². The Balaban J connectivity index is 1.58. The van der Waals surface area contributed by atoms with Crippen LogP contribution in [0, 0.1) is 0 Å². The lowest BCUT2D eigenvalue weighted by Crippen LogP contribution is -2.35. The van der Waals surface area contributed by atoms with Crippen LogP contribution in [0.15, 0.2) is 33.7 Å². The molecule has 1 aliphatic rings. The van der Waals surface area contributed by atoms with Crippen molar-refractivity contribution in [2.24, 2.45) is 0 Å². The summed E-state index contributed by atoms with van der Waals surface area (Å²) in [6, 6.07) is 4.76. The Hall–Kier alpha value is -2.90. The van der Waals surface area contributed by atoms with Gasteiger partial charge in [-0.05, 0) is 25.3 Å². The second kappa shape index (κ2) is 8.66. The average molecular weight is 372 g/mol. The third kappa shape index (κ3) is 5.06. The molecule has 0 unspecified atom stereocenters. The van der Waals surface area contributed by atoms with Crippen molar-refractivity contribution in [3.8, 4) is 0 Å². The molecule has 2 N–H and O–H groups in total. The molecule has 2 aromatic heterocycles. The van der Waals surface area contributed by atoms with Gasteiger partial charge in [-0.25, -0.2) is 0 Å². The SMILES string of the molecule is CCc1cc(CNC(=O)Cn2cc(C(=O)NC3CCCC3)ccc2=O)on1. The number of nitrogens with one attached hydrogen (secondary N) is 2. The monoisotopic (exact) mass is 372 g/mol. The van der Waals surface area contributed by atoms with Gasteiger partial charge in [-0.2, -0.15) is 0 Å². The van der Waals surface area contributed by atoms with Gasteiger partial charge in [0, 0.05) is 24.4 Å². The number of aryl methyl sites for hydroxylation is 1. The van der Waals surface area contributed by atoms with E-state index in [-0.39, 0.29) is 36.5 Å². The fourth-order valence-electron chi connectivity index (χ4n) is 3.13. The minimum Gasteiger partial charge on any atom is -0.359 e. The highest BCUT2D eigenvalue weighted by molar-refractivity contribution is 5.94. The van der Waals surface area contributed by atoms with Crippen molar-refractivity contribution in [2.75, 3.05) is 0 Å². The van der Waals surface area contributed by atoms with Crippen LogP contribution in [0.25, 0.3) is 0 Å². The first kappa shape index (κ1) is 18.9. The molecule has 8 nitrogen and oxygen atoms in total. The Morgan fingerprint density at radius 3 is 2.78 bits per heavy atom. The molecular weight excluding hydrogens is 348 g/mol. The second-order valence-electron chi connectivity index (χ2n) is 6.75. The van der Waals surface area contributed by atoms with E-state index < -0.39 is 0 Å². The van der Waals surface area contributed by atoms with Crippen molar-refractivity contribution < 1.29 is 14.1 Å². The smallest absolute Gasteiger partial charge is 0.252 e. The van der Waals surface area contributed by atoms with Crippen LogP contribution in [0.2, 0.25) is 0 Å². The molecule has 0 spiro atoms. The molecule has 0 saturated heterocycles. The van der Waals surface area contributed by atoms with E-state index >= 15 is 0 Å². The Kier molecular flexibility index (Phi) is 6.05. The quantitative estimate of drug-likeness (QED) is 0.764. The maximum absolute atomic E-state index is 12.3. The van der Waals surface area contributed by atoms with E-state index in [2.05, 4.69) is 15.8 Å². The standard InChI is InChI=1S/C19H24N4O4/c1-2-14-9-16(27-22-14)10-20-17(24)12-23-11-13(7-8-18(23)25)19(26)21-15-5-3-4-6-15/h7-9,11,15H,2-6,10,12H2,1H3,(H,20,24)(H,21,26). The molecule has 0 aromatic carbocycles. The van der Waals surface area contributed by atoms with Crippen LogP contribution in [0.5, 0.6) is 0 Å². The maximum atomic E-state index is 12.3. The number of aromatic nitrogens is 2. The predicted molar refractivity (Wildman–Crippen MR) is 98.2 cm³/mol. The van der Waals surface area contributed by atoms with Gasteiger partial charge in [0.15, 0.2) is 5.76 Å². The number of rotatable bonds is 7. The summed E-state index contributed by atoms with van der Waals surface area (Å²) in [5.41, 5.74) is 0.851. The molecule has 1 fully saturated rings. The summed E-state index contributed by atoms with van der Waals surface area (Å²) in [7, 11) is 0. The molecule has 0 bridgehead atoms. The average Bonchev–Trinajstić information content (AvgIpc) is 3.33. The molecule has 0 aliphatic heterocycles. The number of nitrogens with zero attached hydrogens (tertiary/aromatic N) is 2. The predicted octanol–water partition coefficient (Wildman–Crippen LogP) is 1.39. The summed E-state index contributed by atoms with van der Waals surface area (Å²) in [5, 5.41) is 9.52. The van der Waals surface area contributed by atoms with Crippen LogP contribution >= 0.6 is 0 Å². The van der Waals surface area contributed by atoms with Crippen molar-refractivity contribution in [3.05, 3.63) is 51.8 Å². The fraction of sp³-hybridized carbons (Fsp3) is 0.474. The lowest BCUT2D eigenvalue weighted by atomic mass is 10.2. The zero-order valence-electron chi connectivity index (χ0n) is 15.4. The first-order valence-electron chi connectivity index (χ1n) is 9.27. The molecule has 2 amide bonds. The number of carbonyl (C=O) groups excluding carboxylic acids is 2. The third-order valence-corrected chi connectivity index (χ3v) is 4.68. The van der Waals surface area contributed by atoms with E-state index in [9.17, 15) is 14.4 Å². The molecule has 0 radical (unpaired) electrons. The van der Waals surface area contributed by atoms with Crippen LogP contribution in [-0.4, -0.2) is 27.6 Å². The van der Waals surface area contributed by atoms with Gasteiger partial charge in [0.05, 0.1) is 17.8 Å². The Bertz CT molecular complexity index is 865. The number of amides is 2. The minimum absolute atomic E-state index is 0.168. The lowest BCUT2D eigenvalue weighted by molar-refractivity contribution is -0.122. The van der Waals surface area contributed by atoms with E-state index in [1.54, 1.807) is 6.07 Å². The number of pyridine rings is 1. The molecule has 1 aliphatic carbocycles. The van der Waals surface area contributed by atoms with E-state index in [0.29, 0.717) is 11.3 Å². The molecule has 1 saturated carbocycles. The number of hydrogen-bond donors (Lipinski definition) is 2. The summed E-state index contributed by atoms with van der Waals surface area (Å²) in [6.45, 7) is 1.99. The highest BCUT2D eigenvalue weighted by Crippen LogP contribution is 2.18. The number of hydrogen-bond acceptors (Lipinski definition) is 5. The minimum atomic E-state index is -0.347. The van der Waals surface area contributed by atoms with Crippen LogP contribution in [0.1, 0.15) is 54.4 Å². The van der Waals surface area contributed by atoms with Gasteiger partial charge < -0.3 is 19.7 Å². The van der Waals surface area contributed by atoms with Crippen molar-refractivity contribution >= 4 is 11.8 Å². The summed E-state index contributed by atoms with van der Waals surface area (Å²) < 4.78 is 6.34. The first-order valence-corrected chi connectivity index (χ1v) is 9.27. The zero-order chi connectivity index (χ0) is 19.2. The van der Waals surface area contributed by atoms with E-state index in [4.69, 9.17) is 4.52 Å². The fourth-order valence-corrected chi connectivity index (χ4v) is 3.13. The molecule has 27 heavy (non-hydrogen) atoms. The first-order chi connectivity index (χ1) is 13.0. The molecule has 2 heterocycles. The summed E-state index contributed by atoms with van der Waals surface area (Å²) in [4.78, 5) is 36.5. The number of carbonyl (C=O) groups is 2. The third-order valence-electron chi connectivity index (χ3n) is 4.68. The van der Waals surface area contributed by atoms with Gasteiger partial charge >= 0.3 is 0 Å². The topological polar surface area (TPSA) is 106 Å². The summed E-state index contributed by atoms with van der Waals surface area (Å²) in [5.74, 6) is -0.0121. The molecule has 144 valence electrons. The molecule has 8 heteroatoms. The van der Waals surface area contributed by atoms with Crippen LogP contribution in [0.3, 0.4) is 0 Å². The molecular formula is C19H24N4O4. The van der Waals surface area contributed by atoms with Gasteiger partial charge in [-0.1, -0.05) is 24.9 Å². The molecule has 2 aromatic rings. The normalized spacial score (nSPS) is 14.3. The Morgan fingerprint density at radius 2 is 2.07 bits per heavy atom. The second-order valence-corrected chi connectivity index (χ2v) is 6.75. The Morgan fingerprint density at radius 1 is 1.30 bits per heavy atom. The van der Waals surface area contributed by atoms with Gasteiger partial charge in [-0.15, -0.1) is 0 Å². The van der Waals surface area contributed by atoms with Crippen molar-refractivity contribution in [3.63, 3.8) is 0 Å². The summed E-state index contributed by atoms with van der Waals surface area (Å²) in [6.07, 6.45) is 6.38. The van der Waals surface area contributed by atoms with E-state index in [1.807, 2.05) is 6.92 Å².